The van der Waals surface area contributed by atoms with Crippen molar-refractivity contribution in [2.75, 3.05) is 0 Å². The van der Waals surface area contributed by atoms with Crippen molar-refractivity contribution < 1.29 is 19.5 Å². The average Bonchev–Trinajstić information content (AvgIpc) is 2.69. The van der Waals surface area contributed by atoms with Crippen LogP contribution < -0.4 is 10.6 Å². The number of urea groups is 1. The van der Waals surface area contributed by atoms with Crippen molar-refractivity contribution in [1.29, 1.82) is 0 Å². The van der Waals surface area contributed by atoms with Crippen LogP contribution in [0.3, 0.4) is 0 Å². The third-order valence-electron chi connectivity index (χ3n) is 2.39. The van der Waals surface area contributed by atoms with Gasteiger partial charge in [-0.1, -0.05) is 12.2 Å². The fourth-order valence-corrected chi connectivity index (χ4v) is 1.55. The van der Waals surface area contributed by atoms with Gasteiger partial charge in [-0.15, -0.1) is 0 Å². The normalized spacial score (nSPS) is 14.6. The van der Waals surface area contributed by atoms with Gasteiger partial charge in [0.25, 0.3) is 0 Å². The molecular formula is C11H16N2O4. The number of amides is 3. The first kappa shape index (κ1) is 13.2. The van der Waals surface area contributed by atoms with E-state index < -0.39 is 17.9 Å². The summed E-state index contributed by atoms with van der Waals surface area (Å²) in [6.07, 6.45) is 5.71. The maximum atomic E-state index is 11.3. The second-order valence-corrected chi connectivity index (χ2v) is 3.91. The number of imide groups is 1. The Morgan fingerprint density at radius 1 is 1.18 bits per heavy atom. The van der Waals surface area contributed by atoms with Gasteiger partial charge in [0.05, 0.1) is 0 Å². The number of hydrogen-bond donors (Lipinski definition) is 3. The van der Waals surface area contributed by atoms with Crippen LogP contribution in [0.2, 0.25) is 0 Å². The monoisotopic (exact) mass is 240 g/mol. The van der Waals surface area contributed by atoms with Crippen molar-refractivity contribution in [2.45, 2.75) is 38.1 Å². The zero-order chi connectivity index (χ0) is 12.7. The molecule has 0 aromatic carbocycles. The van der Waals surface area contributed by atoms with Crippen LogP contribution in [0, 0.1) is 0 Å². The van der Waals surface area contributed by atoms with E-state index in [9.17, 15) is 14.4 Å². The summed E-state index contributed by atoms with van der Waals surface area (Å²) in [5.41, 5.74) is 0. The van der Waals surface area contributed by atoms with Crippen LogP contribution in [-0.2, 0) is 9.59 Å². The topological polar surface area (TPSA) is 95.5 Å². The summed E-state index contributed by atoms with van der Waals surface area (Å²) >= 11 is 0. The van der Waals surface area contributed by atoms with Crippen LogP contribution in [0.25, 0.3) is 0 Å². The Kier molecular flexibility index (Phi) is 5.19. The van der Waals surface area contributed by atoms with Crippen molar-refractivity contribution in [3.63, 3.8) is 0 Å². The lowest BCUT2D eigenvalue weighted by Gasteiger charge is -2.12. The van der Waals surface area contributed by atoms with E-state index in [1.165, 1.54) is 0 Å². The maximum absolute atomic E-state index is 11.3. The molecule has 1 aliphatic rings. The van der Waals surface area contributed by atoms with Gasteiger partial charge in [-0.25, -0.2) is 4.79 Å². The predicted molar refractivity (Wildman–Crippen MR) is 60.3 cm³/mol. The van der Waals surface area contributed by atoms with Crippen LogP contribution in [0.15, 0.2) is 12.2 Å². The molecule has 3 amide bonds. The lowest BCUT2D eigenvalue weighted by atomic mass is 10.2. The highest BCUT2D eigenvalue weighted by molar-refractivity contribution is 5.94. The third kappa shape index (κ3) is 5.70. The fourth-order valence-electron chi connectivity index (χ4n) is 1.55. The molecule has 94 valence electrons. The fraction of sp³-hybridized carbons (Fsp3) is 0.545. The number of carboxylic acids is 1. The highest BCUT2D eigenvalue weighted by atomic mass is 16.4. The molecule has 17 heavy (non-hydrogen) atoms. The molecule has 0 spiro atoms. The van der Waals surface area contributed by atoms with E-state index in [4.69, 9.17) is 5.11 Å². The number of aliphatic carboxylic acids is 1. The number of carbonyl (C=O) groups is 3. The van der Waals surface area contributed by atoms with E-state index in [0.717, 1.165) is 12.8 Å². The van der Waals surface area contributed by atoms with Crippen molar-refractivity contribution in [1.82, 2.24) is 10.6 Å². The lowest BCUT2D eigenvalue weighted by molar-refractivity contribution is -0.137. The molecule has 6 nitrogen and oxygen atoms in total. The average molecular weight is 240 g/mol. The Labute approximate surface area is 99.1 Å². The Morgan fingerprint density at radius 2 is 1.82 bits per heavy atom. The summed E-state index contributed by atoms with van der Waals surface area (Å²) in [6, 6.07) is -0.458. The zero-order valence-electron chi connectivity index (χ0n) is 9.44. The molecule has 0 saturated heterocycles. The minimum atomic E-state index is -0.945. The van der Waals surface area contributed by atoms with Gasteiger partial charge in [-0.05, 0) is 19.3 Å². The van der Waals surface area contributed by atoms with E-state index in [2.05, 4.69) is 10.6 Å². The molecular weight excluding hydrogens is 224 g/mol. The molecule has 1 rings (SSSR count). The minimum Gasteiger partial charge on any atom is -0.481 e. The summed E-state index contributed by atoms with van der Waals surface area (Å²) in [4.78, 5) is 32.8. The van der Waals surface area contributed by atoms with Crippen LogP contribution >= 0.6 is 0 Å². The standard InChI is InChI=1S/C11H16N2O4/c14-9(6-3-7-10(15)16)13-11(17)12-8-4-1-2-5-8/h1-2,8H,3-7H2,(H,15,16)(H2,12,13,14,17). The molecule has 0 aliphatic heterocycles. The van der Waals surface area contributed by atoms with Crippen molar-refractivity contribution in [3.8, 4) is 0 Å². The first-order chi connectivity index (χ1) is 8.08. The zero-order valence-corrected chi connectivity index (χ0v) is 9.44. The molecule has 0 aromatic rings. The molecule has 0 fully saturated rings. The first-order valence-electron chi connectivity index (χ1n) is 5.55. The quantitative estimate of drug-likeness (QED) is 0.619. The van der Waals surface area contributed by atoms with Crippen molar-refractivity contribution in [2.24, 2.45) is 0 Å². The maximum Gasteiger partial charge on any atom is 0.321 e. The number of hydrogen-bond acceptors (Lipinski definition) is 3. The third-order valence-corrected chi connectivity index (χ3v) is 2.39. The van der Waals surface area contributed by atoms with Gasteiger partial charge in [-0.3, -0.25) is 14.9 Å². The second-order valence-electron chi connectivity index (χ2n) is 3.91. The summed E-state index contributed by atoms with van der Waals surface area (Å²) in [5, 5.41) is 13.2. The molecule has 0 bridgehead atoms. The van der Waals surface area contributed by atoms with Gasteiger partial charge in [-0.2, -0.15) is 0 Å². The van der Waals surface area contributed by atoms with Gasteiger partial charge in [0, 0.05) is 18.9 Å². The summed E-state index contributed by atoms with van der Waals surface area (Å²) < 4.78 is 0. The molecule has 0 radical (unpaired) electrons. The molecule has 3 N–H and O–H groups in total. The van der Waals surface area contributed by atoms with Crippen molar-refractivity contribution in [3.05, 3.63) is 12.2 Å². The Hall–Kier alpha value is -1.85. The molecule has 6 heteroatoms. The highest BCUT2D eigenvalue weighted by Crippen LogP contribution is 2.08. The van der Waals surface area contributed by atoms with Crippen molar-refractivity contribution >= 4 is 17.9 Å². The Bertz CT molecular complexity index is 330. The molecule has 0 unspecified atom stereocenters. The summed E-state index contributed by atoms with van der Waals surface area (Å²) in [5.74, 6) is -1.39. The Morgan fingerprint density at radius 3 is 2.41 bits per heavy atom. The summed E-state index contributed by atoms with van der Waals surface area (Å²) in [6.45, 7) is 0. The second kappa shape index (κ2) is 6.67. The van der Waals surface area contributed by atoms with Crippen LogP contribution in [-0.4, -0.2) is 29.1 Å². The smallest absolute Gasteiger partial charge is 0.321 e. The van der Waals surface area contributed by atoms with E-state index in [1.54, 1.807) is 0 Å². The minimum absolute atomic E-state index is 0.0443. The van der Waals surface area contributed by atoms with Gasteiger partial charge < -0.3 is 10.4 Å². The van der Waals surface area contributed by atoms with Gasteiger partial charge in [0.2, 0.25) is 5.91 Å². The predicted octanol–water partition coefficient (Wildman–Crippen LogP) is 0.786. The van der Waals surface area contributed by atoms with E-state index in [0.29, 0.717) is 0 Å². The molecule has 0 heterocycles. The van der Waals surface area contributed by atoms with Gasteiger partial charge in [0.15, 0.2) is 0 Å². The number of nitrogens with one attached hydrogen (secondary N) is 2. The molecule has 0 saturated carbocycles. The molecule has 0 aromatic heterocycles. The number of carboxylic acid groups (broad SMARTS) is 1. The number of carbonyl (C=O) groups excluding carboxylic acids is 2. The first-order valence-corrected chi connectivity index (χ1v) is 5.55. The van der Waals surface area contributed by atoms with Crippen LogP contribution in [0.5, 0.6) is 0 Å². The SMILES string of the molecule is O=C(O)CCCC(=O)NC(=O)NC1CC=CC1. The van der Waals surface area contributed by atoms with Crippen LogP contribution in [0.4, 0.5) is 4.79 Å². The van der Waals surface area contributed by atoms with Crippen LogP contribution in [0.1, 0.15) is 32.1 Å². The number of rotatable bonds is 5. The lowest BCUT2D eigenvalue weighted by Crippen LogP contribution is -2.43. The molecule has 0 atom stereocenters. The van der Waals surface area contributed by atoms with E-state index in [1.807, 2.05) is 12.2 Å². The highest BCUT2D eigenvalue weighted by Gasteiger charge is 2.14. The van der Waals surface area contributed by atoms with Gasteiger partial charge >= 0.3 is 12.0 Å². The largest absolute Gasteiger partial charge is 0.481 e. The van der Waals surface area contributed by atoms with E-state index in [-0.39, 0.29) is 25.3 Å². The van der Waals surface area contributed by atoms with Gasteiger partial charge in [0.1, 0.15) is 0 Å². The summed E-state index contributed by atoms with van der Waals surface area (Å²) in [7, 11) is 0. The molecule has 1 aliphatic carbocycles. The van der Waals surface area contributed by atoms with E-state index >= 15 is 0 Å². The Balaban J connectivity index is 2.12.